The van der Waals surface area contributed by atoms with Crippen LogP contribution in [-0.4, -0.2) is 22.9 Å². The van der Waals surface area contributed by atoms with Crippen molar-refractivity contribution in [2.24, 2.45) is 11.8 Å². The van der Waals surface area contributed by atoms with Crippen LogP contribution in [0, 0.1) is 11.8 Å². The average Bonchev–Trinajstić information content (AvgIpc) is 3.30. The summed E-state index contributed by atoms with van der Waals surface area (Å²) in [5.74, 6) is -3.03. The first kappa shape index (κ1) is 20.6. The zero-order valence-corrected chi connectivity index (χ0v) is 17.7. The van der Waals surface area contributed by atoms with Crippen molar-refractivity contribution in [3.63, 3.8) is 0 Å². The van der Waals surface area contributed by atoms with Gasteiger partial charge in [-0.05, 0) is 61.9 Å². The van der Waals surface area contributed by atoms with Crippen LogP contribution in [0.5, 0.6) is 0 Å². The third kappa shape index (κ3) is 4.13. The topological polar surface area (TPSA) is 95.5 Å². The molecule has 6 nitrogen and oxygen atoms in total. The molecule has 0 saturated heterocycles. The van der Waals surface area contributed by atoms with Gasteiger partial charge in [0, 0.05) is 15.6 Å². The number of amides is 2. The van der Waals surface area contributed by atoms with Crippen LogP contribution in [-0.2, 0) is 22.4 Å². The van der Waals surface area contributed by atoms with Gasteiger partial charge in [-0.2, -0.15) is 0 Å². The van der Waals surface area contributed by atoms with Crippen molar-refractivity contribution in [3.05, 3.63) is 57.4 Å². The molecule has 156 valence electrons. The number of anilines is 2. The van der Waals surface area contributed by atoms with Gasteiger partial charge in [-0.15, -0.1) is 11.3 Å². The number of carboxylic acid groups (broad SMARTS) is 1. The van der Waals surface area contributed by atoms with Crippen LogP contribution in [0.15, 0.2) is 36.4 Å². The van der Waals surface area contributed by atoms with E-state index >= 15 is 0 Å². The number of benzene rings is 1. The molecule has 4 rings (SSSR count). The van der Waals surface area contributed by atoms with E-state index in [1.807, 2.05) is 6.08 Å². The quantitative estimate of drug-likeness (QED) is 0.580. The van der Waals surface area contributed by atoms with Crippen molar-refractivity contribution in [1.82, 2.24) is 0 Å². The minimum absolute atomic E-state index is 0.287. The second-order valence-corrected chi connectivity index (χ2v) is 9.05. The van der Waals surface area contributed by atoms with Gasteiger partial charge in [-0.3, -0.25) is 14.4 Å². The molecule has 30 heavy (non-hydrogen) atoms. The number of aryl methyl sites for hydroxylation is 1. The maximum atomic E-state index is 13.1. The molecule has 0 radical (unpaired) electrons. The number of hydrogen-bond donors (Lipinski definition) is 3. The van der Waals surface area contributed by atoms with E-state index in [-0.39, 0.29) is 11.8 Å². The molecule has 0 bridgehead atoms. The summed E-state index contributed by atoms with van der Waals surface area (Å²) in [6.07, 6.45) is 6.99. The summed E-state index contributed by atoms with van der Waals surface area (Å²) in [5.41, 5.74) is 2.07. The molecule has 2 aromatic rings. The van der Waals surface area contributed by atoms with Gasteiger partial charge in [0.15, 0.2) is 0 Å². The summed E-state index contributed by atoms with van der Waals surface area (Å²) in [6.45, 7) is 0. The third-order valence-corrected chi connectivity index (χ3v) is 7.03. The van der Waals surface area contributed by atoms with E-state index in [0.717, 1.165) is 29.7 Å². The van der Waals surface area contributed by atoms with Gasteiger partial charge >= 0.3 is 5.97 Å². The van der Waals surface area contributed by atoms with Crippen molar-refractivity contribution >= 4 is 51.4 Å². The Kier molecular flexibility index (Phi) is 5.92. The summed E-state index contributed by atoms with van der Waals surface area (Å²) in [6, 6.07) is 6.83. The Labute approximate surface area is 182 Å². The Hall–Kier alpha value is -2.64. The predicted molar refractivity (Wildman–Crippen MR) is 117 cm³/mol. The summed E-state index contributed by atoms with van der Waals surface area (Å²) in [5, 5.41) is 16.3. The van der Waals surface area contributed by atoms with Crippen molar-refractivity contribution in [1.29, 1.82) is 0 Å². The number of nitrogens with one attached hydrogen (secondary N) is 2. The normalized spacial score (nSPS) is 19.9. The Morgan fingerprint density at radius 3 is 2.40 bits per heavy atom. The lowest BCUT2D eigenvalue weighted by molar-refractivity contribution is -0.146. The van der Waals surface area contributed by atoms with Gasteiger partial charge in [-0.1, -0.05) is 23.8 Å². The summed E-state index contributed by atoms with van der Waals surface area (Å²) in [4.78, 5) is 38.7. The van der Waals surface area contributed by atoms with Crippen LogP contribution >= 0.6 is 22.9 Å². The highest BCUT2D eigenvalue weighted by atomic mass is 35.5. The molecule has 0 spiro atoms. The summed E-state index contributed by atoms with van der Waals surface area (Å²) in [7, 11) is 0. The third-order valence-electron chi connectivity index (χ3n) is 5.57. The molecule has 2 unspecified atom stereocenters. The zero-order valence-electron chi connectivity index (χ0n) is 16.1. The number of carbonyl (C=O) groups is 3. The molecule has 2 aliphatic rings. The number of aliphatic carboxylic acids is 1. The van der Waals surface area contributed by atoms with Gasteiger partial charge in [0.05, 0.1) is 17.4 Å². The molecule has 2 amide bonds. The van der Waals surface area contributed by atoms with Crippen LogP contribution < -0.4 is 10.6 Å². The summed E-state index contributed by atoms with van der Waals surface area (Å²) < 4.78 is 0. The Bertz CT molecular complexity index is 1030. The summed E-state index contributed by atoms with van der Waals surface area (Å²) >= 11 is 7.32. The highest BCUT2D eigenvalue weighted by molar-refractivity contribution is 7.17. The van der Waals surface area contributed by atoms with E-state index in [1.165, 1.54) is 11.3 Å². The van der Waals surface area contributed by atoms with Gasteiger partial charge in [0.1, 0.15) is 5.00 Å². The molecule has 1 aromatic heterocycles. The Morgan fingerprint density at radius 1 is 1.00 bits per heavy atom. The largest absolute Gasteiger partial charge is 0.481 e. The van der Waals surface area contributed by atoms with E-state index < -0.39 is 17.8 Å². The lowest BCUT2D eigenvalue weighted by Gasteiger charge is -2.24. The lowest BCUT2D eigenvalue weighted by atomic mass is 9.82. The van der Waals surface area contributed by atoms with Gasteiger partial charge in [0.25, 0.3) is 5.91 Å². The monoisotopic (exact) mass is 444 g/mol. The number of hydrogen-bond acceptors (Lipinski definition) is 4. The molecular weight excluding hydrogens is 424 g/mol. The van der Waals surface area contributed by atoms with E-state index in [0.29, 0.717) is 34.1 Å². The first-order valence-electron chi connectivity index (χ1n) is 9.84. The number of carbonyl (C=O) groups excluding carboxylic acids is 2. The second kappa shape index (κ2) is 8.62. The van der Waals surface area contributed by atoms with E-state index in [9.17, 15) is 19.5 Å². The fourth-order valence-corrected chi connectivity index (χ4v) is 5.46. The molecule has 8 heteroatoms. The first-order valence-corrected chi connectivity index (χ1v) is 11.0. The highest BCUT2D eigenvalue weighted by Crippen LogP contribution is 2.40. The number of rotatable bonds is 5. The molecule has 0 saturated carbocycles. The van der Waals surface area contributed by atoms with Crippen molar-refractivity contribution in [2.45, 2.75) is 32.1 Å². The van der Waals surface area contributed by atoms with Gasteiger partial charge in [-0.25, -0.2) is 0 Å². The highest BCUT2D eigenvalue weighted by Gasteiger charge is 2.35. The Morgan fingerprint density at radius 2 is 1.70 bits per heavy atom. The number of allylic oxidation sites excluding steroid dienone is 2. The molecule has 1 heterocycles. The molecule has 2 aliphatic carbocycles. The number of fused-ring (bicyclic) bond motifs is 1. The van der Waals surface area contributed by atoms with E-state index in [2.05, 4.69) is 10.6 Å². The minimum Gasteiger partial charge on any atom is -0.481 e. The standard InChI is InChI=1S/C22H21ClN2O4S/c23-12-8-10-13(11-9-12)24-20(27)18-16-6-3-7-17(16)30-21(18)25-19(26)14-4-1-2-5-15(14)22(28)29/h1-2,8-11,14-15H,3-7H2,(H,24,27)(H,25,26)(H,28,29). The minimum atomic E-state index is -0.978. The second-order valence-electron chi connectivity index (χ2n) is 7.51. The van der Waals surface area contributed by atoms with Crippen LogP contribution in [0.2, 0.25) is 5.02 Å². The fraction of sp³-hybridized carbons (Fsp3) is 0.318. The van der Waals surface area contributed by atoms with Crippen molar-refractivity contribution in [2.75, 3.05) is 10.6 Å². The maximum Gasteiger partial charge on any atom is 0.307 e. The predicted octanol–water partition coefficient (Wildman–Crippen LogP) is 4.75. The van der Waals surface area contributed by atoms with Crippen molar-refractivity contribution < 1.29 is 19.5 Å². The average molecular weight is 445 g/mol. The van der Waals surface area contributed by atoms with Crippen LogP contribution in [0.3, 0.4) is 0 Å². The van der Waals surface area contributed by atoms with E-state index in [4.69, 9.17) is 11.6 Å². The van der Waals surface area contributed by atoms with Gasteiger partial charge in [0.2, 0.25) is 5.91 Å². The molecule has 0 aliphatic heterocycles. The SMILES string of the molecule is O=C(Nc1ccc(Cl)cc1)c1c(NC(=O)C2CC=CCC2C(=O)O)sc2c1CCC2. The van der Waals surface area contributed by atoms with Crippen LogP contribution in [0.4, 0.5) is 10.7 Å². The smallest absolute Gasteiger partial charge is 0.307 e. The first-order chi connectivity index (χ1) is 14.4. The number of thiophene rings is 1. The molecular formula is C22H21ClN2O4S. The number of halogens is 1. The molecule has 2 atom stereocenters. The molecule has 1 aromatic carbocycles. The maximum absolute atomic E-state index is 13.1. The van der Waals surface area contributed by atoms with E-state index in [1.54, 1.807) is 30.3 Å². The molecule has 0 fully saturated rings. The van der Waals surface area contributed by atoms with Gasteiger partial charge < -0.3 is 15.7 Å². The fourth-order valence-electron chi connectivity index (χ4n) is 4.04. The lowest BCUT2D eigenvalue weighted by Crippen LogP contribution is -2.35. The van der Waals surface area contributed by atoms with Crippen LogP contribution in [0.1, 0.15) is 40.1 Å². The molecule has 3 N–H and O–H groups in total. The van der Waals surface area contributed by atoms with Crippen LogP contribution in [0.25, 0.3) is 0 Å². The Balaban J connectivity index is 1.59. The zero-order chi connectivity index (χ0) is 21.3. The van der Waals surface area contributed by atoms with Crippen molar-refractivity contribution in [3.8, 4) is 0 Å². The number of carboxylic acids is 1.